The molecule has 0 unspecified atom stereocenters. The van der Waals surface area contributed by atoms with Gasteiger partial charge in [-0.3, -0.25) is 0 Å². The molecular formula is C15H23N3S2. The Morgan fingerprint density at radius 2 is 2.15 bits per heavy atom. The molecular weight excluding hydrogens is 286 g/mol. The minimum atomic E-state index is 0.483. The summed E-state index contributed by atoms with van der Waals surface area (Å²) in [6, 6.07) is 6.78. The Balaban J connectivity index is 2.18. The van der Waals surface area contributed by atoms with Crippen molar-refractivity contribution >= 4 is 34.7 Å². The SMILES string of the molecule is CCSc1cccc(NC2CCN(C)CC2)c1C(N)=S. The molecule has 0 saturated carbocycles. The fourth-order valence-corrected chi connectivity index (χ4v) is 3.69. The second-order valence-corrected chi connectivity index (χ2v) is 6.94. The van der Waals surface area contributed by atoms with Crippen molar-refractivity contribution in [2.24, 2.45) is 5.73 Å². The number of hydrogen-bond donors (Lipinski definition) is 2. The molecule has 2 rings (SSSR count). The summed E-state index contributed by atoms with van der Waals surface area (Å²) in [6.07, 6.45) is 2.33. The van der Waals surface area contributed by atoms with Crippen molar-refractivity contribution in [3.05, 3.63) is 23.8 Å². The molecule has 20 heavy (non-hydrogen) atoms. The molecule has 0 aliphatic carbocycles. The number of piperidine rings is 1. The van der Waals surface area contributed by atoms with Crippen molar-refractivity contribution in [1.29, 1.82) is 0 Å². The first kappa shape index (κ1) is 15.6. The first-order valence-corrected chi connectivity index (χ1v) is 8.52. The third kappa shape index (κ3) is 3.87. The van der Waals surface area contributed by atoms with Crippen molar-refractivity contribution in [2.45, 2.75) is 30.7 Å². The molecule has 0 spiro atoms. The monoisotopic (exact) mass is 309 g/mol. The van der Waals surface area contributed by atoms with Gasteiger partial charge in [-0.05, 0) is 50.9 Å². The van der Waals surface area contributed by atoms with Crippen LogP contribution in [0.15, 0.2) is 23.1 Å². The van der Waals surface area contributed by atoms with E-state index < -0.39 is 0 Å². The van der Waals surface area contributed by atoms with Crippen LogP contribution in [-0.2, 0) is 0 Å². The van der Waals surface area contributed by atoms with Crippen LogP contribution in [0.4, 0.5) is 5.69 Å². The van der Waals surface area contributed by atoms with E-state index in [9.17, 15) is 0 Å². The molecule has 0 aromatic heterocycles. The van der Waals surface area contributed by atoms with Gasteiger partial charge < -0.3 is 16.0 Å². The number of thioether (sulfide) groups is 1. The van der Waals surface area contributed by atoms with E-state index >= 15 is 0 Å². The lowest BCUT2D eigenvalue weighted by molar-refractivity contribution is 0.264. The number of nitrogens with two attached hydrogens (primary N) is 1. The van der Waals surface area contributed by atoms with Crippen molar-refractivity contribution in [3.8, 4) is 0 Å². The van der Waals surface area contributed by atoms with Gasteiger partial charge in [-0.1, -0.05) is 25.2 Å². The third-order valence-corrected chi connectivity index (χ3v) is 4.79. The number of thiocarbonyl (C=S) groups is 1. The molecule has 0 atom stereocenters. The Labute approximate surface area is 131 Å². The summed E-state index contributed by atoms with van der Waals surface area (Å²) in [7, 11) is 2.18. The number of nitrogens with zero attached hydrogens (tertiary/aromatic N) is 1. The lowest BCUT2D eigenvalue weighted by Gasteiger charge is -2.31. The summed E-state index contributed by atoms with van der Waals surface area (Å²) in [5.74, 6) is 1.02. The van der Waals surface area contributed by atoms with E-state index in [1.165, 1.54) is 17.7 Å². The summed E-state index contributed by atoms with van der Waals surface area (Å²) in [5.41, 5.74) is 8.04. The minimum absolute atomic E-state index is 0.483. The molecule has 3 nitrogen and oxygen atoms in total. The van der Waals surface area contributed by atoms with Crippen molar-refractivity contribution < 1.29 is 0 Å². The molecule has 1 fully saturated rings. The maximum absolute atomic E-state index is 5.94. The van der Waals surface area contributed by atoms with Gasteiger partial charge in [0, 0.05) is 22.2 Å². The molecule has 1 aromatic rings. The van der Waals surface area contributed by atoms with Crippen LogP contribution >= 0.6 is 24.0 Å². The molecule has 0 radical (unpaired) electrons. The molecule has 0 amide bonds. The maximum Gasteiger partial charge on any atom is 0.107 e. The highest BCUT2D eigenvalue weighted by Crippen LogP contribution is 2.29. The predicted octanol–water partition coefficient (Wildman–Crippen LogP) is 2.94. The van der Waals surface area contributed by atoms with Gasteiger partial charge in [0.2, 0.25) is 0 Å². The van der Waals surface area contributed by atoms with Crippen LogP contribution in [0.3, 0.4) is 0 Å². The molecule has 3 N–H and O–H groups in total. The van der Waals surface area contributed by atoms with Crippen LogP contribution in [0.25, 0.3) is 0 Å². The van der Waals surface area contributed by atoms with Gasteiger partial charge in [0.05, 0.1) is 0 Å². The molecule has 1 heterocycles. The van der Waals surface area contributed by atoms with Crippen molar-refractivity contribution in [1.82, 2.24) is 4.90 Å². The molecule has 1 aliphatic rings. The van der Waals surface area contributed by atoms with Gasteiger partial charge in [0.25, 0.3) is 0 Å². The van der Waals surface area contributed by atoms with Crippen LogP contribution in [0.2, 0.25) is 0 Å². The van der Waals surface area contributed by atoms with Gasteiger partial charge in [-0.25, -0.2) is 0 Å². The summed E-state index contributed by atoms with van der Waals surface area (Å²) in [6.45, 7) is 4.43. The molecule has 0 bridgehead atoms. The Morgan fingerprint density at radius 3 is 2.75 bits per heavy atom. The van der Waals surface area contributed by atoms with Crippen LogP contribution < -0.4 is 11.1 Å². The Kier molecular flexibility index (Phi) is 5.69. The predicted molar refractivity (Wildman–Crippen MR) is 92.9 cm³/mol. The van der Waals surface area contributed by atoms with E-state index in [1.807, 2.05) is 0 Å². The normalized spacial score (nSPS) is 17.1. The lowest BCUT2D eigenvalue weighted by Crippen LogP contribution is -2.37. The highest BCUT2D eigenvalue weighted by atomic mass is 32.2. The van der Waals surface area contributed by atoms with E-state index in [-0.39, 0.29) is 0 Å². The number of rotatable bonds is 5. The van der Waals surface area contributed by atoms with E-state index in [4.69, 9.17) is 18.0 Å². The van der Waals surface area contributed by atoms with Crippen LogP contribution in [-0.4, -0.2) is 41.8 Å². The zero-order valence-electron chi connectivity index (χ0n) is 12.2. The molecule has 1 aliphatic heterocycles. The molecule has 5 heteroatoms. The smallest absolute Gasteiger partial charge is 0.107 e. The lowest BCUT2D eigenvalue weighted by atomic mass is 10.0. The quantitative estimate of drug-likeness (QED) is 0.646. The van der Waals surface area contributed by atoms with Gasteiger partial charge in [0.1, 0.15) is 4.99 Å². The number of benzene rings is 1. The number of hydrogen-bond acceptors (Lipinski definition) is 4. The zero-order valence-corrected chi connectivity index (χ0v) is 13.8. The summed E-state index contributed by atoms with van der Waals surface area (Å²) in [5, 5.41) is 3.64. The fourth-order valence-electron chi connectivity index (χ4n) is 2.55. The van der Waals surface area contributed by atoms with Crippen molar-refractivity contribution in [2.75, 3.05) is 31.2 Å². The van der Waals surface area contributed by atoms with Crippen LogP contribution in [0, 0.1) is 0 Å². The largest absolute Gasteiger partial charge is 0.389 e. The van der Waals surface area contributed by atoms with Gasteiger partial charge in [0.15, 0.2) is 0 Å². The molecule has 110 valence electrons. The summed E-state index contributed by atoms with van der Waals surface area (Å²) >= 11 is 7.04. The van der Waals surface area contributed by atoms with E-state index in [1.54, 1.807) is 11.8 Å². The standard InChI is InChI=1S/C15H23N3S2/c1-3-20-13-6-4-5-12(14(13)15(16)19)17-11-7-9-18(2)10-8-11/h4-6,11,17H,3,7-10H2,1-2H3,(H2,16,19). The van der Waals surface area contributed by atoms with E-state index in [2.05, 4.69) is 42.4 Å². The fraction of sp³-hybridized carbons (Fsp3) is 0.533. The second kappa shape index (κ2) is 7.29. The van der Waals surface area contributed by atoms with Gasteiger partial charge >= 0.3 is 0 Å². The zero-order chi connectivity index (χ0) is 14.5. The molecule has 1 aromatic carbocycles. The first-order chi connectivity index (χ1) is 9.61. The average molecular weight is 310 g/mol. The topological polar surface area (TPSA) is 41.3 Å². The number of anilines is 1. The first-order valence-electron chi connectivity index (χ1n) is 7.12. The highest BCUT2D eigenvalue weighted by Gasteiger charge is 2.19. The van der Waals surface area contributed by atoms with Crippen LogP contribution in [0.5, 0.6) is 0 Å². The number of nitrogens with one attached hydrogen (secondary N) is 1. The van der Waals surface area contributed by atoms with Crippen LogP contribution in [0.1, 0.15) is 25.3 Å². The Morgan fingerprint density at radius 1 is 1.45 bits per heavy atom. The average Bonchev–Trinajstić information content (AvgIpc) is 2.41. The number of likely N-dealkylation sites (tertiary alicyclic amines) is 1. The molecule has 1 saturated heterocycles. The van der Waals surface area contributed by atoms with Gasteiger partial charge in [-0.15, -0.1) is 11.8 Å². The minimum Gasteiger partial charge on any atom is -0.389 e. The highest BCUT2D eigenvalue weighted by molar-refractivity contribution is 7.99. The maximum atomic E-state index is 5.94. The van der Waals surface area contributed by atoms with E-state index in [0.717, 1.165) is 30.1 Å². The summed E-state index contributed by atoms with van der Waals surface area (Å²) in [4.78, 5) is 4.03. The van der Waals surface area contributed by atoms with Crippen molar-refractivity contribution in [3.63, 3.8) is 0 Å². The third-order valence-electron chi connectivity index (χ3n) is 3.65. The van der Waals surface area contributed by atoms with E-state index in [0.29, 0.717) is 11.0 Å². The Hall–Kier alpha value is -0.780. The summed E-state index contributed by atoms with van der Waals surface area (Å²) < 4.78 is 0. The van der Waals surface area contributed by atoms with Gasteiger partial charge in [-0.2, -0.15) is 0 Å². The Bertz CT molecular complexity index is 468. The second-order valence-electron chi connectivity index (χ2n) is 5.20.